The molecular weight excluding hydrogens is 418 g/mol. The minimum Gasteiger partial charge on any atom is -0.308 e. The first-order chi connectivity index (χ1) is 15.7. The molecule has 0 aliphatic rings. The average Bonchev–Trinajstić information content (AvgIpc) is 3.48. The quantitative estimate of drug-likeness (QED) is 0.377. The Hall–Kier alpha value is -3.52. The number of tetrazole rings is 1. The number of rotatable bonds is 6. The smallest absolute Gasteiger partial charge is 0.205 e. The normalized spacial score (nSPS) is 11.3. The molecule has 0 bridgehead atoms. The highest BCUT2D eigenvalue weighted by Crippen LogP contribution is 2.30. The first kappa shape index (κ1) is 20.4. The number of nitrogens with zero attached hydrogens (tertiary/aromatic N) is 6. The molecule has 2 aromatic carbocycles. The molecule has 0 saturated carbocycles. The minimum absolute atomic E-state index is 0.591. The van der Waals surface area contributed by atoms with Crippen LogP contribution in [0.25, 0.3) is 33.7 Å². The minimum atomic E-state index is 0.591. The Kier molecular flexibility index (Phi) is 5.45. The third-order valence-electron chi connectivity index (χ3n) is 5.59. The van der Waals surface area contributed by atoms with Gasteiger partial charge >= 0.3 is 0 Å². The average molecular weight is 442 g/mol. The Balaban J connectivity index is 1.51. The first-order valence-corrected chi connectivity index (χ1v) is 11.7. The van der Waals surface area contributed by atoms with Crippen molar-refractivity contribution in [1.82, 2.24) is 35.2 Å². The molecule has 0 aliphatic carbocycles. The van der Waals surface area contributed by atoms with Crippen LogP contribution in [0.1, 0.15) is 23.9 Å². The van der Waals surface area contributed by atoms with E-state index in [4.69, 9.17) is 9.97 Å². The van der Waals surface area contributed by atoms with Crippen LogP contribution < -0.4 is 0 Å². The number of aromatic nitrogens is 7. The van der Waals surface area contributed by atoms with E-state index in [0.29, 0.717) is 5.82 Å². The van der Waals surface area contributed by atoms with Gasteiger partial charge in [-0.15, -0.1) is 22.0 Å². The van der Waals surface area contributed by atoms with Gasteiger partial charge in [0, 0.05) is 12.0 Å². The summed E-state index contributed by atoms with van der Waals surface area (Å²) in [5.74, 6) is 1.65. The second-order valence-corrected chi connectivity index (χ2v) is 8.43. The largest absolute Gasteiger partial charge is 0.308 e. The van der Waals surface area contributed by atoms with Gasteiger partial charge in [-0.25, -0.2) is 9.97 Å². The number of imidazole rings is 1. The second-order valence-electron chi connectivity index (χ2n) is 7.60. The van der Waals surface area contributed by atoms with Gasteiger partial charge in [0.1, 0.15) is 11.3 Å². The number of thioether (sulfide) groups is 1. The molecule has 0 atom stereocenters. The van der Waals surface area contributed by atoms with Crippen LogP contribution in [0.5, 0.6) is 0 Å². The van der Waals surface area contributed by atoms with Crippen LogP contribution in [-0.4, -0.2) is 41.4 Å². The van der Waals surface area contributed by atoms with E-state index in [1.165, 1.54) is 11.1 Å². The lowest BCUT2D eigenvalue weighted by atomic mass is 9.98. The number of aromatic amines is 1. The third-order valence-corrected chi connectivity index (χ3v) is 6.22. The maximum Gasteiger partial charge on any atom is 0.205 e. The molecular formula is C24H23N7S. The van der Waals surface area contributed by atoms with Crippen molar-refractivity contribution in [3.63, 3.8) is 0 Å². The maximum atomic E-state index is 4.88. The zero-order chi connectivity index (χ0) is 22.1. The molecule has 0 aliphatic heterocycles. The van der Waals surface area contributed by atoms with Gasteiger partial charge in [-0.2, -0.15) is 5.21 Å². The van der Waals surface area contributed by atoms with Crippen molar-refractivity contribution in [2.24, 2.45) is 0 Å². The highest BCUT2D eigenvalue weighted by atomic mass is 32.2. The summed E-state index contributed by atoms with van der Waals surface area (Å²) in [4.78, 5) is 9.74. The van der Waals surface area contributed by atoms with Crippen LogP contribution in [0.15, 0.2) is 59.6 Å². The molecule has 5 aromatic rings. The highest BCUT2D eigenvalue weighted by Gasteiger charge is 2.15. The third kappa shape index (κ3) is 3.67. The molecule has 0 unspecified atom stereocenters. The van der Waals surface area contributed by atoms with Gasteiger partial charge in [0.15, 0.2) is 5.65 Å². The van der Waals surface area contributed by atoms with Crippen molar-refractivity contribution in [1.29, 1.82) is 0 Å². The lowest BCUT2D eigenvalue weighted by Crippen LogP contribution is -2.05. The summed E-state index contributed by atoms with van der Waals surface area (Å²) in [5.41, 5.74) is 7.45. The fourth-order valence-electron chi connectivity index (χ4n) is 3.98. The van der Waals surface area contributed by atoms with E-state index in [0.717, 1.165) is 51.7 Å². The molecule has 0 spiro atoms. The summed E-state index contributed by atoms with van der Waals surface area (Å²) in [6.07, 6.45) is 2.92. The summed E-state index contributed by atoms with van der Waals surface area (Å²) in [6, 6.07) is 18.8. The molecule has 160 valence electrons. The van der Waals surface area contributed by atoms with E-state index in [1.807, 2.05) is 18.2 Å². The summed E-state index contributed by atoms with van der Waals surface area (Å²) < 4.78 is 2.24. The van der Waals surface area contributed by atoms with Crippen molar-refractivity contribution in [3.05, 3.63) is 71.5 Å². The predicted octanol–water partition coefficient (Wildman–Crippen LogP) is 4.92. The van der Waals surface area contributed by atoms with Gasteiger partial charge in [0.25, 0.3) is 0 Å². The summed E-state index contributed by atoms with van der Waals surface area (Å²) in [7, 11) is 0. The maximum absolute atomic E-state index is 4.88. The van der Waals surface area contributed by atoms with Crippen molar-refractivity contribution in [2.45, 2.75) is 31.8 Å². The monoisotopic (exact) mass is 441 g/mol. The van der Waals surface area contributed by atoms with E-state index in [1.54, 1.807) is 11.8 Å². The van der Waals surface area contributed by atoms with Gasteiger partial charge in [0.05, 0.1) is 11.6 Å². The van der Waals surface area contributed by atoms with Crippen LogP contribution in [0, 0.1) is 6.92 Å². The lowest BCUT2D eigenvalue weighted by molar-refractivity contribution is 0.744. The zero-order valence-electron chi connectivity index (χ0n) is 18.2. The van der Waals surface area contributed by atoms with Crippen LogP contribution in [-0.2, 0) is 13.0 Å². The SMILES string of the molecule is CCc1nc2c(C)cc(SC)nc2n1Cc1ccc(-c2ccccc2-c2nn[nH]n2)cc1. The molecule has 32 heavy (non-hydrogen) atoms. The van der Waals surface area contributed by atoms with Crippen LogP contribution in [0.2, 0.25) is 0 Å². The molecule has 3 aromatic heterocycles. The van der Waals surface area contributed by atoms with Gasteiger partial charge in [-0.1, -0.05) is 55.5 Å². The van der Waals surface area contributed by atoms with E-state index >= 15 is 0 Å². The molecule has 1 N–H and O–H groups in total. The van der Waals surface area contributed by atoms with Crippen molar-refractivity contribution in [3.8, 4) is 22.5 Å². The van der Waals surface area contributed by atoms with Crippen LogP contribution in [0.3, 0.4) is 0 Å². The van der Waals surface area contributed by atoms with E-state index in [-0.39, 0.29) is 0 Å². The molecule has 0 radical (unpaired) electrons. The topological polar surface area (TPSA) is 85.2 Å². The van der Waals surface area contributed by atoms with Gasteiger partial charge in [-0.3, -0.25) is 0 Å². The van der Waals surface area contributed by atoms with E-state index in [9.17, 15) is 0 Å². The van der Waals surface area contributed by atoms with Gasteiger partial charge in [0.2, 0.25) is 5.82 Å². The van der Waals surface area contributed by atoms with Crippen LogP contribution >= 0.6 is 11.8 Å². The number of nitrogens with one attached hydrogen (secondary N) is 1. The molecule has 0 fully saturated rings. The number of benzene rings is 2. The predicted molar refractivity (Wildman–Crippen MR) is 128 cm³/mol. The van der Waals surface area contributed by atoms with Crippen LogP contribution in [0.4, 0.5) is 0 Å². The second kappa shape index (κ2) is 8.55. The molecule has 5 rings (SSSR count). The molecule has 0 saturated heterocycles. The Labute approximate surface area is 190 Å². The van der Waals surface area contributed by atoms with E-state index in [2.05, 4.69) is 81.7 Å². The molecule has 3 heterocycles. The van der Waals surface area contributed by atoms with Crippen molar-refractivity contribution < 1.29 is 0 Å². The number of fused-ring (bicyclic) bond motifs is 1. The fraction of sp³-hybridized carbons (Fsp3) is 0.208. The molecule has 7 nitrogen and oxygen atoms in total. The Morgan fingerprint density at radius 1 is 1.00 bits per heavy atom. The van der Waals surface area contributed by atoms with Gasteiger partial charge in [-0.05, 0) is 46.7 Å². The standard InChI is InChI=1S/C24H23N7S/c1-4-20-25-22-15(2)13-21(32-3)26-24(22)31(20)14-16-9-11-17(12-10-16)18-7-5-6-8-19(18)23-27-29-30-28-23/h5-13H,4,14H2,1-3H3,(H,27,28,29,30). The highest BCUT2D eigenvalue weighted by molar-refractivity contribution is 7.98. The van der Waals surface area contributed by atoms with Crippen molar-refractivity contribution >= 4 is 22.9 Å². The summed E-state index contributed by atoms with van der Waals surface area (Å²) in [6.45, 7) is 4.98. The molecule has 8 heteroatoms. The summed E-state index contributed by atoms with van der Waals surface area (Å²) in [5, 5.41) is 15.5. The summed E-state index contributed by atoms with van der Waals surface area (Å²) >= 11 is 1.66. The van der Waals surface area contributed by atoms with Crippen molar-refractivity contribution in [2.75, 3.05) is 6.26 Å². The Morgan fingerprint density at radius 2 is 1.78 bits per heavy atom. The first-order valence-electron chi connectivity index (χ1n) is 10.5. The zero-order valence-corrected chi connectivity index (χ0v) is 19.0. The number of pyridine rings is 1. The Morgan fingerprint density at radius 3 is 2.47 bits per heavy atom. The number of hydrogen-bond acceptors (Lipinski definition) is 6. The number of aryl methyl sites for hydroxylation is 2. The van der Waals surface area contributed by atoms with Gasteiger partial charge < -0.3 is 4.57 Å². The Bertz CT molecular complexity index is 1370. The molecule has 0 amide bonds. The lowest BCUT2D eigenvalue weighted by Gasteiger charge is -2.11. The fourth-order valence-corrected chi connectivity index (χ4v) is 4.45. The van der Waals surface area contributed by atoms with E-state index < -0.39 is 0 Å². The number of H-pyrrole nitrogens is 1. The number of hydrogen-bond donors (Lipinski definition) is 1.